The van der Waals surface area contributed by atoms with Gasteiger partial charge in [-0.15, -0.1) is 0 Å². The van der Waals surface area contributed by atoms with Crippen LogP contribution in [-0.2, 0) is 11.2 Å². The molecule has 2 heterocycles. The van der Waals surface area contributed by atoms with E-state index < -0.39 is 0 Å². The molecule has 3 aromatic rings. The maximum absolute atomic E-state index is 11.5. The molecule has 23 heavy (non-hydrogen) atoms. The molecule has 4 heteroatoms. The van der Waals surface area contributed by atoms with Gasteiger partial charge in [0.25, 0.3) is 0 Å². The smallest absolute Gasteiger partial charge is 0.228 e. The monoisotopic (exact) mass is 320 g/mol. The van der Waals surface area contributed by atoms with Crippen molar-refractivity contribution in [3.63, 3.8) is 0 Å². The van der Waals surface area contributed by atoms with Gasteiger partial charge >= 0.3 is 0 Å². The Balaban J connectivity index is 1.72. The summed E-state index contributed by atoms with van der Waals surface area (Å²) < 4.78 is 0. The summed E-state index contributed by atoms with van der Waals surface area (Å²) in [7, 11) is 0. The molecule has 1 aliphatic rings. The summed E-state index contributed by atoms with van der Waals surface area (Å²) in [6, 6.07) is 16.0. The van der Waals surface area contributed by atoms with Crippen molar-refractivity contribution in [1.82, 2.24) is 4.98 Å². The van der Waals surface area contributed by atoms with E-state index in [2.05, 4.69) is 22.4 Å². The van der Waals surface area contributed by atoms with Gasteiger partial charge in [0.1, 0.15) is 0 Å². The lowest BCUT2D eigenvalue weighted by Gasteiger charge is -2.09. The Hall–Kier alpha value is -2.65. The van der Waals surface area contributed by atoms with Gasteiger partial charge < -0.3 is 5.32 Å². The van der Waals surface area contributed by atoms with Gasteiger partial charge in [-0.2, -0.15) is 0 Å². The number of hydrogen-bond donors (Lipinski definition) is 1. The summed E-state index contributed by atoms with van der Waals surface area (Å²) in [4.78, 5) is 15.5. The van der Waals surface area contributed by atoms with E-state index in [1.807, 2.05) is 36.4 Å². The minimum absolute atomic E-state index is 0.0150. The van der Waals surface area contributed by atoms with Crippen LogP contribution in [0.25, 0.3) is 22.3 Å². The van der Waals surface area contributed by atoms with Crippen molar-refractivity contribution in [1.29, 1.82) is 0 Å². The number of pyridine rings is 1. The van der Waals surface area contributed by atoms with Crippen LogP contribution < -0.4 is 5.32 Å². The van der Waals surface area contributed by atoms with E-state index in [1.165, 1.54) is 0 Å². The number of benzene rings is 2. The minimum Gasteiger partial charge on any atom is -0.325 e. The van der Waals surface area contributed by atoms with Crippen LogP contribution >= 0.6 is 11.6 Å². The summed E-state index contributed by atoms with van der Waals surface area (Å²) >= 11 is 6.39. The van der Waals surface area contributed by atoms with Crippen molar-refractivity contribution in [2.45, 2.75) is 6.42 Å². The van der Waals surface area contributed by atoms with Gasteiger partial charge in [-0.3, -0.25) is 9.78 Å². The molecule has 2 aromatic carbocycles. The molecule has 0 spiro atoms. The summed E-state index contributed by atoms with van der Waals surface area (Å²) in [5.74, 6) is 0.0150. The highest BCUT2D eigenvalue weighted by atomic mass is 35.5. The molecule has 112 valence electrons. The summed E-state index contributed by atoms with van der Waals surface area (Å²) in [6.45, 7) is 0. The van der Waals surface area contributed by atoms with E-state index in [0.717, 1.165) is 33.5 Å². The van der Waals surface area contributed by atoms with Gasteiger partial charge in [0, 0.05) is 23.6 Å². The van der Waals surface area contributed by atoms with Crippen molar-refractivity contribution < 1.29 is 4.79 Å². The first kappa shape index (κ1) is 14.0. The predicted molar refractivity (Wildman–Crippen MR) is 92.5 cm³/mol. The van der Waals surface area contributed by atoms with E-state index in [-0.39, 0.29) is 5.91 Å². The molecule has 0 aliphatic carbocycles. The van der Waals surface area contributed by atoms with Crippen LogP contribution in [0.1, 0.15) is 5.56 Å². The second-order valence-electron chi connectivity index (χ2n) is 5.53. The van der Waals surface area contributed by atoms with Crippen LogP contribution in [-0.4, -0.2) is 10.9 Å². The fourth-order valence-electron chi connectivity index (χ4n) is 2.86. The van der Waals surface area contributed by atoms with Gasteiger partial charge in [-0.05, 0) is 46.5 Å². The molecule has 0 fully saturated rings. The van der Waals surface area contributed by atoms with Crippen LogP contribution in [0.3, 0.4) is 0 Å². The Labute approximate surface area is 139 Å². The summed E-state index contributed by atoms with van der Waals surface area (Å²) in [5.41, 5.74) is 6.05. The third kappa shape index (κ3) is 2.60. The fraction of sp³-hybridized carbons (Fsp3) is 0.0526. The van der Waals surface area contributed by atoms with E-state index in [1.54, 1.807) is 12.4 Å². The number of amides is 1. The van der Waals surface area contributed by atoms with Crippen LogP contribution in [0.2, 0.25) is 5.02 Å². The normalized spacial score (nSPS) is 12.8. The van der Waals surface area contributed by atoms with E-state index in [4.69, 9.17) is 11.6 Å². The molecule has 1 aromatic heterocycles. The van der Waals surface area contributed by atoms with Gasteiger partial charge in [0.2, 0.25) is 5.91 Å². The van der Waals surface area contributed by atoms with Crippen LogP contribution in [0.15, 0.2) is 60.9 Å². The van der Waals surface area contributed by atoms with Gasteiger partial charge in [-0.25, -0.2) is 0 Å². The summed E-state index contributed by atoms with van der Waals surface area (Å²) in [5, 5.41) is 3.46. The Morgan fingerprint density at radius 3 is 2.30 bits per heavy atom. The largest absolute Gasteiger partial charge is 0.325 e. The third-order valence-corrected chi connectivity index (χ3v) is 4.34. The first-order valence-corrected chi connectivity index (χ1v) is 7.71. The first-order chi connectivity index (χ1) is 11.2. The highest BCUT2D eigenvalue weighted by Crippen LogP contribution is 2.36. The minimum atomic E-state index is 0.0150. The lowest BCUT2D eigenvalue weighted by molar-refractivity contribution is -0.115. The molecule has 0 saturated heterocycles. The number of aromatic nitrogens is 1. The quantitative estimate of drug-likeness (QED) is 0.752. The Morgan fingerprint density at radius 1 is 0.913 bits per heavy atom. The lowest BCUT2D eigenvalue weighted by Crippen LogP contribution is -2.03. The van der Waals surface area contributed by atoms with Crippen LogP contribution in [0.5, 0.6) is 0 Å². The number of hydrogen-bond acceptors (Lipinski definition) is 2. The molecule has 1 aliphatic heterocycles. The van der Waals surface area contributed by atoms with Gasteiger partial charge in [-0.1, -0.05) is 35.9 Å². The Kier molecular flexibility index (Phi) is 3.36. The number of fused-ring (bicyclic) bond motifs is 1. The molecule has 4 rings (SSSR count). The molecular formula is C19H13ClN2O. The SMILES string of the molecule is O=C1Cc2cc(-c3ccc(-c4ccncc4)cc3)c(Cl)cc2N1. The average molecular weight is 321 g/mol. The second-order valence-corrected chi connectivity index (χ2v) is 5.93. The van der Waals surface area contributed by atoms with Crippen molar-refractivity contribution in [3.05, 3.63) is 71.5 Å². The van der Waals surface area contributed by atoms with Crippen molar-refractivity contribution >= 4 is 23.2 Å². The van der Waals surface area contributed by atoms with Crippen LogP contribution in [0.4, 0.5) is 5.69 Å². The molecule has 0 saturated carbocycles. The van der Waals surface area contributed by atoms with Gasteiger partial charge in [0.15, 0.2) is 0 Å². The van der Waals surface area contributed by atoms with Crippen molar-refractivity contribution in [2.75, 3.05) is 5.32 Å². The Morgan fingerprint density at radius 2 is 1.57 bits per heavy atom. The molecule has 0 radical (unpaired) electrons. The number of nitrogens with one attached hydrogen (secondary N) is 1. The number of nitrogens with zero attached hydrogens (tertiary/aromatic N) is 1. The Bertz CT molecular complexity index is 889. The van der Waals surface area contributed by atoms with E-state index in [9.17, 15) is 4.79 Å². The zero-order valence-corrected chi connectivity index (χ0v) is 13.0. The lowest BCUT2D eigenvalue weighted by atomic mass is 9.99. The molecule has 1 amide bonds. The zero-order valence-electron chi connectivity index (χ0n) is 12.2. The topological polar surface area (TPSA) is 42.0 Å². The molecule has 3 nitrogen and oxygen atoms in total. The predicted octanol–water partition coefficient (Wildman–Crippen LogP) is 4.56. The van der Waals surface area contributed by atoms with Crippen molar-refractivity contribution in [3.8, 4) is 22.3 Å². The number of carbonyl (C=O) groups is 1. The standard InChI is InChI=1S/C19H13ClN2O/c20-17-11-18-15(10-19(23)22-18)9-16(17)14-3-1-12(2-4-14)13-5-7-21-8-6-13/h1-9,11H,10H2,(H,22,23). The average Bonchev–Trinajstić information content (AvgIpc) is 2.94. The molecular weight excluding hydrogens is 308 g/mol. The first-order valence-electron chi connectivity index (χ1n) is 7.34. The van der Waals surface area contributed by atoms with Crippen molar-refractivity contribution in [2.24, 2.45) is 0 Å². The maximum atomic E-state index is 11.5. The number of anilines is 1. The third-order valence-electron chi connectivity index (χ3n) is 4.03. The second kappa shape index (κ2) is 5.52. The number of rotatable bonds is 2. The van der Waals surface area contributed by atoms with E-state index >= 15 is 0 Å². The van der Waals surface area contributed by atoms with Gasteiger partial charge in [0.05, 0.1) is 11.4 Å². The van der Waals surface area contributed by atoms with Crippen LogP contribution in [0, 0.1) is 0 Å². The summed E-state index contributed by atoms with van der Waals surface area (Å²) in [6.07, 6.45) is 3.98. The molecule has 0 unspecified atom stereocenters. The molecule has 1 N–H and O–H groups in total. The molecule has 0 atom stereocenters. The highest BCUT2D eigenvalue weighted by Gasteiger charge is 2.20. The highest BCUT2D eigenvalue weighted by molar-refractivity contribution is 6.34. The molecule has 0 bridgehead atoms. The maximum Gasteiger partial charge on any atom is 0.228 e. The number of halogens is 1. The van der Waals surface area contributed by atoms with E-state index in [0.29, 0.717) is 11.4 Å². The fourth-order valence-corrected chi connectivity index (χ4v) is 3.13. The zero-order chi connectivity index (χ0) is 15.8. The number of carbonyl (C=O) groups excluding carboxylic acids is 1.